The Kier molecular flexibility index (Phi) is 5.33. The van der Waals surface area contributed by atoms with Gasteiger partial charge in [0.1, 0.15) is 0 Å². The van der Waals surface area contributed by atoms with E-state index in [9.17, 15) is 24.3 Å². The Hall–Kier alpha value is -2.24. The molecule has 1 N–H and O–H groups in total. The van der Waals surface area contributed by atoms with Gasteiger partial charge in [0.2, 0.25) is 0 Å². The van der Waals surface area contributed by atoms with Crippen LogP contribution >= 0.6 is 0 Å². The topological polar surface area (TPSA) is 97.7 Å². The van der Waals surface area contributed by atoms with Crippen molar-refractivity contribution in [1.82, 2.24) is 0 Å². The molecule has 0 aromatic rings. The Bertz CT molecular complexity index is 1080. The van der Waals surface area contributed by atoms with Crippen molar-refractivity contribution in [2.75, 3.05) is 7.11 Å². The molecule has 0 saturated heterocycles. The first-order valence-electron chi connectivity index (χ1n) is 13.1. The van der Waals surface area contributed by atoms with Crippen LogP contribution in [0.25, 0.3) is 0 Å². The molecule has 0 heterocycles. The molecule has 5 rings (SSSR count). The summed E-state index contributed by atoms with van der Waals surface area (Å²) in [7, 11) is 1.46. The van der Waals surface area contributed by atoms with Crippen LogP contribution in [0.5, 0.6) is 0 Å². The average Bonchev–Trinajstić information content (AvgIpc) is 2.79. The van der Waals surface area contributed by atoms with Gasteiger partial charge in [0.25, 0.3) is 0 Å². The van der Waals surface area contributed by atoms with Crippen molar-refractivity contribution >= 4 is 23.5 Å². The number of carbonyl (C=O) groups excluding carboxylic acids is 3. The number of esters is 1. The number of carboxylic acids is 1. The number of ketones is 2. The van der Waals surface area contributed by atoms with Crippen LogP contribution in [0.3, 0.4) is 0 Å². The van der Waals surface area contributed by atoms with Crippen LogP contribution in [0, 0.1) is 45.3 Å². The van der Waals surface area contributed by atoms with Gasteiger partial charge in [-0.2, -0.15) is 0 Å². The van der Waals surface area contributed by atoms with Crippen LogP contribution in [-0.2, 0) is 23.9 Å². The molecule has 0 aliphatic heterocycles. The molecule has 3 fully saturated rings. The molecule has 6 heteroatoms. The molecule has 7 unspecified atom stereocenters. The number of hydrogen-bond donors (Lipinski definition) is 1. The molecular weight excluding hydrogens is 444 g/mol. The van der Waals surface area contributed by atoms with E-state index < -0.39 is 16.8 Å². The molecule has 3 saturated carbocycles. The SMILES string of the molecule is COC(=O)C12CCC3C(C(=O)C=C4C5(C)C=C(C(=O)O)C(=O)CC5CCC43C)C1CC(C)(C)CC2. The highest BCUT2D eigenvalue weighted by atomic mass is 16.5. The standard InChI is InChI=1S/C29H38O6/c1-26(2)10-11-29(25(34)35-5)9-7-18-23(19(29)15-26)21(31)13-22-27(18,3)8-6-16-12-20(30)17(24(32)33)14-28(16,22)4/h13-14,16,18-19,23H,6-12,15H2,1-5H3,(H,32,33). The lowest BCUT2D eigenvalue weighted by Crippen LogP contribution is -2.60. The van der Waals surface area contributed by atoms with Crippen molar-refractivity contribution in [2.45, 2.75) is 79.1 Å². The van der Waals surface area contributed by atoms with Gasteiger partial charge in [-0.1, -0.05) is 39.3 Å². The maximum absolute atomic E-state index is 14.0. The van der Waals surface area contributed by atoms with Gasteiger partial charge < -0.3 is 9.84 Å². The summed E-state index contributed by atoms with van der Waals surface area (Å²) in [5, 5.41) is 9.68. The highest BCUT2D eigenvalue weighted by Gasteiger charge is 2.65. The third-order valence-electron chi connectivity index (χ3n) is 11.0. The number of carbonyl (C=O) groups is 4. The van der Waals surface area contributed by atoms with E-state index in [1.807, 2.05) is 6.92 Å². The van der Waals surface area contributed by atoms with Crippen molar-refractivity contribution in [2.24, 2.45) is 45.3 Å². The summed E-state index contributed by atoms with van der Waals surface area (Å²) in [4.78, 5) is 51.6. The second-order valence-corrected chi connectivity index (χ2v) is 13.2. The summed E-state index contributed by atoms with van der Waals surface area (Å²) in [5.74, 6) is -1.77. The van der Waals surface area contributed by atoms with Gasteiger partial charge in [-0.05, 0) is 79.6 Å². The lowest BCUT2D eigenvalue weighted by atomic mass is 9.40. The van der Waals surface area contributed by atoms with Gasteiger partial charge in [0.05, 0.1) is 18.1 Å². The molecule has 6 nitrogen and oxygen atoms in total. The third kappa shape index (κ3) is 3.27. The number of rotatable bonds is 2. The number of allylic oxidation sites excluding steroid dienone is 3. The summed E-state index contributed by atoms with van der Waals surface area (Å²) < 4.78 is 5.33. The van der Waals surface area contributed by atoms with Gasteiger partial charge in [0, 0.05) is 17.8 Å². The van der Waals surface area contributed by atoms with Crippen molar-refractivity contribution in [3.63, 3.8) is 0 Å². The summed E-state index contributed by atoms with van der Waals surface area (Å²) in [6.07, 6.45) is 9.40. The van der Waals surface area contributed by atoms with Crippen LogP contribution < -0.4 is 0 Å². The molecular formula is C29H38O6. The van der Waals surface area contributed by atoms with Crippen molar-refractivity contribution in [3.8, 4) is 0 Å². The summed E-state index contributed by atoms with van der Waals surface area (Å²) >= 11 is 0. The predicted molar refractivity (Wildman–Crippen MR) is 129 cm³/mol. The van der Waals surface area contributed by atoms with E-state index >= 15 is 0 Å². The van der Waals surface area contributed by atoms with E-state index in [-0.39, 0.29) is 64.0 Å². The van der Waals surface area contributed by atoms with E-state index in [1.54, 1.807) is 12.2 Å². The molecule has 7 atom stereocenters. The maximum Gasteiger partial charge on any atom is 0.339 e. The quantitative estimate of drug-likeness (QED) is 0.443. The minimum absolute atomic E-state index is 0.00754. The fraction of sp³-hybridized carbons (Fsp3) is 0.724. The summed E-state index contributed by atoms with van der Waals surface area (Å²) in [6, 6.07) is 0. The van der Waals surface area contributed by atoms with Crippen LogP contribution in [-0.4, -0.2) is 35.7 Å². The zero-order chi connectivity index (χ0) is 25.6. The molecule has 5 aliphatic rings. The number of methoxy groups -OCH3 is 1. The highest BCUT2D eigenvalue weighted by molar-refractivity contribution is 6.17. The summed E-state index contributed by atoms with van der Waals surface area (Å²) in [6.45, 7) is 8.73. The largest absolute Gasteiger partial charge is 0.478 e. The minimum atomic E-state index is -1.19. The molecule has 5 aliphatic carbocycles. The molecule has 0 aromatic carbocycles. The Morgan fingerprint density at radius 3 is 2.37 bits per heavy atom. The van der Waals surface area contributed by atoms with Crippen molar-refractivity contribution in [1.29, 1.82) is 0 Å². The fourth-order valence-electron chi connectivity index (χ4n) is 9.06. The number of fused-ring (bicyclic) bond motifs is 7. The maximum atomic E-state index is 14.0. The Balaban J connectivity index is 1.63. The third-order valence-corrected chi connectivity index (χ3v) is 11.0. The van der Waals surface area contributed by atoms with Gasteiger partial charge in [-0.25, -0.2) is 4.79 Å². The highest BCUT2D eigenvalue weighted by Crippen LogP contribution is 2.69. The van der Waals surface area contributed by atoms with Crippen LogP contribution in [0.1, 0.15) is 79.1 Å². The smallest absolute Gasteiger partial charge is 0.339 e. The lowest BCUT2D eigenvalue weighted by molar-refractivity contribution is -0.177. The predicted octanol–water partition coefficient (Wildman–Crippen LogP) is 4.91. The monoisotopic (exact) mass is 482 g/mol. The van der Waals surface area contributed by atoms with Crippen LogP contribution in [0.4, 0.5) is 0 Å². The van der Waals surface area contributed by atoms with Gasteiger partial charge in [-0.3, -0.25) is 14.4 Å². The molecule has 35 heavy (non-hydrogen) atoms. The number of Topliss-reactive ketones (excluding diaryl/α,β-unsaturated/α-hetero) is 1. The molecule has 0 radical (unpaired) electrons. The number of carboxylic acid groups (broad SMARTS) is 1. The zero-order valence-corrected chi connectivity index (χ0v) is 21.6. The minimum Gasteiger partial charge on any atom is -0.478 e. The summed E-state index contributed by atoms with van der Waals surface area (Å²) in [5.41, 5.74) is -0.587. The van der Waals surface area contributed by atoms with Crippen LogP contribution in [0.15, 0.2) is 23.3 Å². The molecule has 0 amide bonds. The van der Waals surface area contributed by atoms with Gasteiger partial charge >= 0.3 is 11.9 Å². The Morgan fingerprint density at radius 2 is 1.71 bits per heavy atom. The van der Waals surface area contributed by atoms with E-state index in [0.717, 1.165) is 50.5 Å². The normalized spacial score (nSPS) is 44.0. The Labute approximate surface area is 207 Å². The zero-order valence-electron chi connectivity index (χ0n) is 21.6. The van der Waals surface area contributed by atoms with Crippen molar-refractivity contribution in [3.05, 3.63) is 23.3 Å². The van der Waals surface area contributed by atoms with Crippen molar-refractivity contribution < 1.29 is 29.0 Å². The molecule has 0 aromatic heterocycles. The van der Waals surface area contributed by atoms with Gasteiger partial charge in [-0.15, -0.1) is 0 Å². The first kappa shape index (κ1) is 24.5. The fourth-order valence-corrected chi connectivity index (χ4v) is 9.06. The number of ether oxygens (including phenoxy) is 1. The number of hydrogen-bond acceptors (Lipinski definition) is 5. The van der Waals surface area contributed by atoms with Gasteiger partial charge in [0.15, 0.2) is 11.6 Å². The Morgan fingerprint density at radius 1 is 1.00 bits per heavy atom. The average molecular weight is 483 g/mol. The second-order valence-electron chi connectivity index (χ2n) is 13.2. The van der Waals surface area contributed by atoms with E-state index in [2.05, 4.69) is 20.8 Å². The second kappa shape index (κ2) is 7.63. The first-order chi connectivity index (χ1) is 16.3. The van der Waals surface area contributed by atoms with E-state index in [0.29, 0.717) is 0 Å². The lowest BCUT2D eigenvalue weighted by Gasteiger charge is -2.63. The molecule has 0 bridgehead atoms. The molecule has 190 valence electrons. The van der Waals surface area contributed by atoms with E-state index in [1.165, 1.54) is 7.11 Å². The van der Waals surface area contributed by atoms with E-state index in [4.69, 9.17) is 4.74 Å². The molecule has 0 spiro atoms. The number of aliphatic carboxylic acids is 1. The first-order valence-corrected chi connectivity index (χ1v) is 13.1. The van der Waals surface area contributed by atoms with Crippen LogP contribution in [0.2, 0.25) is 0 Å².